The summed E-state index contributed by atoms with van der Waals surface area (Å²) in [7, 11) is 0. The van der Waals surface area contributed by atoms with Crippen molar-refractivity contribution < 1.29 is 4.79 Å². The van der Waals surface area contributed by atoms with E-state index in [0.29, 0.717) is 15.6 Å². The normalized spacial score (nSPS) is 18.8. The molecule has 0 aromatic heterocycles. The van der Waals surface area contributed by atoms with E-state index in [2.05, 4.69) is 6.07 Å². The number of Topliss-reactive ketones (excluding diaryl/α,β-unsaturated/α-hetero) is 1. The molecule has 1 aliphatic carbocycles. The van der Waals surface area contributed by atoms with Gasteiger partial charge in [-0.1, -0.05) is 49.0 Å². The smallest absolute Gasteiger partial charge is 0.160 e. The number of rotatable bonds is 3. The molecule has 0 saturated heterocycles. The lowest BCUT2D eigenvalue weighted by Gasteiger charge is -2.25. The fraction of sp³-hybridized carbons (Fsp3) is 0.467. The van der Waals surface area contributed by atoms with Gasteiger partial charge in [0.15, 0.2) is 5.78 Å². The highest BCUT2D eigenvalue weighted by molar-refractivity contribution is 6.36. The summed E-state index contributed by atoms with van der Waals surface area (Å²) in [6, 6.07) is 7.12. The molecular weight excluding hydrogens is 281 g/mol. The van der Waals surface area contributed by atoms with E-state index in [-0.39, 0.29) is 5.78 Å². The number of carbonyl (C=O) groups excluding carboxylic acids is 1. The number of carbonyl (C=O) groups is 1. The molecule has 1 atom stereocenters. The van der Waals surface area contributed by atoms with Gasteiger partial charge in [-0.05, 0) is 25.0 Å². The Kier molecular flexibility index (Phi) is 4.18. The van der Waals surface area contributed by atoms with Crippen LogP contribution in [-0.4, -0.2) is 5.78 Å². The van der Waals surface area contributed by atoms with Crippen LogP contribution in [-0.2, 0) is 4.79 Å². The Morgan fingerprint density at radius 1 is 1.32 bits per heavy atom. The minimum atomic E-state index is -0.871. The van der Waals surface area contributed by atoms with Crippen LogP contribution in [0.25, 0.3) is 0 Å². The molecular formula is C15H15Cl2NO. The van der Waals surface area contributed by atoms with Crippen molar-refractivity contribution in [1.82, 2.24) is 0 Å². The largest absolute Gasteiger partial charge is 0.297 e. The van der Waals surface area contributed by atoms with Crippen LogP contribution in [0, 0.1) is 16.7 Å². The zero-order valence-corrected chi connectivity index (χ0v) is 12.3. The Balaban J connectivity index is 2.41. The number of halogens is 2. The Labute approximate surface area is 123 Å². The number of hydrogen-bond acceptors (Lipinski definition) is 2. The topological polar surface area (TPSA) is 40.9 Å². The van der Waals surface area contributed by atoms with Crippen molar-refractivity contribution in [2.75, 3.05) is 0 Å². The molecule has 0 N–H and O–H groups in total. The first-order valence-electron chi connectivity index (χ1n) is 6.37. The average molecular weight is 296 g/mol. The zero-order chi connectivity index (χ0) is 14.0. The van der Waals surface area contributed by atoms with E-state index in [0.717, 1.165) is 25.7 Å². The first-order valence-corrected chi connectivity index (χ1v) is 7.13. The van der Waals surface area contributed by atoms with Gasteiger partial charge in [-0.25, -0.2) is 0 Å². The van der Waals surface area contributed by atoms with E-state index in [1.807, 2.05) is 6.92 Å². The van der Waals surface area contributed by atoms with E-state index in [1.165, 1.54) is 0 Å². The van der Waals surface area contributed by atoms with E-state index in [4.69, 9.17) is 23.2 Å². The Hall–Kier alpha value is -1.04. The standard InChI is InChI=1S/C15H15Cl2NO/c1-15(7-2-3-8-15)14(19)10(9-18)13-11(16)5-4-6-12(13)17/h4-6,10H,2-3,7-8H2,1H3. The lowest BCUT2D eigenvalue weighted by molar-refractivity contribution is -0.128. The highest BCUT2D eigenvalue weighted by atomic mass is 35.5. The molecule has 1 aromatic carbocycles. The summed E-state index contributed by atoms with van der Waals surface area (Å²) in [6.07, 6.45) is 3.76. The molecule has 0 aliphatic heterocycles. The Morgan fingerprint density at radius 3 is 2.32 bits per heavy atom. The van der Waals surface area contributed by atoms with Crippen molar-refractivity contribution in [1.29, 1.82) is 5.26 Å². The summed E-state index contributed by atoms with van der Waals surface area (Å²) in [5.41, 5.74) is 0.0366. The summed E-state index contributed by atoms with van der Waals surface area (Å²) in [4.78, 5) is 12.7. The molecule has 0 amide bonds. The summed E-state index contributed by atoms with van der Waals surface area (Å²) in [5.74, 6) is -0.924. The first kappa shape index (κ1) is 14.4. The van der Waals surface area contributed by atoms with Gasteiger partial charge in [0.1, 0.15) is 5.92 Å². The average Bonchev–Trinajstić information content (AvgIpc) is 2.81. The molecule has 0 radical (unpaired) electrons. The fourth-order valence-corrected chi connectivity index (χ4v) is 3.41. The van der Waals surface area contributed by atoms with Crippen LogP contribution in [0.3, 0.4) is 0 Å². The second-order valence-electron chi connectivity index (χ2n) is 5.33. The van der Waals surface area contributed by atoms with Gasteiger partial charge in [-0.3, -0.25) is 4.79 Å². The number of benzene rings is 1. The maximum Gasteiger partial charge on any atom is 0.160 e. The van der Waals surface area contributed by atoms with E-state index in [1.54, 1.807) is 18.2 Å². The summed E-state index contributed by atoms with van der Waals surface area (Å²) >= 11 is 12.2. The van der Waals surface area contributed by atoms with Crippen molar-refractivity contribution >= 4 is 29.0 Å². The minimum absolute atomic E-state index is 0.0532. The third-order valence-electron chi connectivity index (χ3n) is 3.98. The van der Waals surface area contributed by atoms with Crippen molar-refractivity contribution in [2.24, 2.45) is 5.41 Å². The van der Waals surface area contributed by atoms with E-state index < -0.39 is 11.3 Å². The zero-order valence-electron chi connectivity index (χ0n) is 10.7. The van der Waals surface area contributed by atoms with Crippen molar-refractivity contribution in [3.63, 3.8) is 0 Å². The van der Waals surface area contributed by atoms with Crippen LogP contribution < -0.4 is 0 Å². The van der Waals surface area contributed by atoms with Gasteiger partial charge in [0.05, 0.1) is 6.07 Å². The van der Waals surface area contributed by atoms with Gasteiger partial charge >= 0.3 is 0 Å². The molecule has 0 heterocycles. The fourth-order valence-electron chi connectivity index (χ4n) is 2.79. The Bertz CT molecular complexity index is 521. The third kappa shape index (κ3) is 2.63. The lowest BCUT2D eigenvalue weighted by Crippen LogP contribution is -2.29. The second-order valence-corrected chi connectivity index (χ2v) is 6.14. The van der Waals surface area contributed by atoms with Crippen LogP contribution in [0.4, 0.5) is 0 Å². The molecule has 0 spiro atoms. The first-order chi connectivity index (χ1) is 8.99. The van der Waals surface area contributed by atoms with Crippen LogP contribution in [0.5, 0.6) is 0 Å². The molecule has 2 rings (SSSR count). The van der Waals surface area contributed by atoms with Gasteiger partial charge in [-0.2, -0.15) is 5.26 Å². The van der Waals surface area contributed by atoms with Gasteiger partial charge in [0, 0.05) is 21.0 Å². The number of nitrogens with zero attached hydrogens (tertiary/aromatic N) is 1. The second kappa shape index (κ2) is 5.53. The van der Waals surface area contributed by atoms with Gasteiger partial charge in [0.25, 0.3) is 0 Å². The van der Waals surface area contributed by atoms with Gasteiger partial charge < -0.3 is 0 Å². The van der Waals surface area contributed by atoms with E-state index in [9.17, 15) is 10.1 Å². The maximum absolute atomic E-state index is 12.7. The monoisotopic (exact) mass is 295 g/mol. The van der Waals surface area contributed by atoms with Crippen molar-refractivity contribution in [2.45, 2.75) is 38.5 Å². The van der Waals surface area contributed by atoms with Crippen LogP contribution in [0.2, 0.25) is 10.0 Å². The van der Waals surface area contributed by atoms with Crippen LogP contribution >= 0.6 is 23.2 Å². The van der Waals surface area contributed by atoms with Gasteiger partial charge in [-0.15, -0.1) is 0 Å². The summed E-state index contributed by atoms with van der Waals surface area (Å²) < 4.78 is 0. The molecule has 2 nitrogen and oxygen atoms in total. The molecule has 1 fully saturated rings. The minimum Gasteiger partial charge on any atom is -0.297 e. The molecule has 1 unspecified atom stereocenters. The molecule has 19 heavy (non-hydrogen) atoms. The predicted octanol–water partition coefficient (Wildman–Crippen LogP) is 4.75. The van der Waals surface area contributed by atoms with Crippen LogP contribution in [0.1, 0.15) is 44.1 Å². The molecule has 1 saturated carbocycles. The highest BCUT2D eigenvalue weighted by Crippen LogP contribution is 2.44. The SMILES string of the molecule is CC1(C(=O)C(C#N)c2c(Cl)cccc2Cl)CCCC1. The summed E-state index contributed by atoms with van der Waals surface area (Å²) in [5, 5.41) is 10.2. The van der Waals surface area contributed by atoms with Gasteiger partial charge in [0.2, 0.25) is 0 Å². The number of ketones is 1. The van der Waals surface area contributed by atoms with Crippen LogP contribution in [0.15, 0.2) is 18.2 Å². The quantitative estimate of drug-likeness (QED) is 0.807. The molecule has 0 bridgehead atoms. The molecule has 1 aliphatic rings. The summed E-state index contributed by atoms with van der Waals surface area (Å²) in [6.45, 7) is 1.94. The number of nitriles is 1. The third-order valence-corrected chi connectivity index (χ3v) is 4.64. The predicted molar refractivity (Wildman–Crippen MR) is 76.4 cm³/mol. The molecule has 100 valence electrons. The van der Waals surface area contributed by atoms with Crippen molar-refractivity contribution in [3.8, 4) is 6.07 Å². The number of hydrogen-bond donors (Lipinski definition) is 0. The maximum atomic E-state index is 12.7. The lowest BCUT2D eigenvalue weighted by atomic mass is 9.76. The Morgan fingerprint density at radius 2 is 1.84 bits per heavy atom. The highest BCUT2D eigenvalue weighted by Gasteiger charge is 2.41. The molecule has 4 heteroatoms. The molecule has 1 aromatic rings. The van der Waals surface area contributed by atoms with Crippen molar-refractivity contribution in [3.05, 3.63) is 33.8 Å². The van der Waals surface area contributed by atoms with E-state index >= 15 is 0 Å².